The van der Waals surface area contributed by atoms with Gasteiger partial charge in [-0.05, 0) is 19.9 Å². The van der Waals surface area contributed by atoms with E-state index >= 15 is 0 Å². The van der Waals surface area contributed by atoms with Crippen LogP contribution in [0.25, 0.3) is 0 Å². The Morgan fingerprint density at radius 1 is 1.41 bits per heavy atom. The van der Waals surface area contributed by atoms with Gasteiger partial charge >= 0.3 is 0 Å². The number of nitro groups is 1. The van der Waals surface area contributed by atoms with Crippen molar-refractivity contribution in [2.75, 3.05) is 4.72 Å². The van der Waals surface area contributed by atoms with E-state index < -0.39 is 31.7 Å². The van der Waals surface area contributed by atoms with Crippen molar-refractivity contribution in [1.29, 1.82) is 0 Å². The number of hydrogen-bond donors (Lipinski definition) is 1. The quantitative estimate of drug-likeness (QED) is 0.662. The zero-order valence-corrected chi connectivity index (χ0v) is 9.99. The summed E-state index contributed by atoms with van der Waals surface area (Å²) in [6.07, 6.45) is 0. The minimum atomic E-state index is -3.75. The van der Waals surface area contributed by atoms with Crippen LogP contribution >= 0.6 is 0 Å². The van der Waals surface area contributed by atoms with Gasteiger partial charge in [-0.3, -0.25) is 14.8 Å². The third kappa shape index (κ3) is 3.13. The fourth-order valence-electron chi connectivity index (χ4n) is 1.02. The lowest BCUT2D eigenvalue weighted by atomic mass is 10.3. The SMILES string of the molecule is CC(C)S(=O)(=O)Nc1cc(F)ccc1[N+](=O)[O-]. The van der Waals surface area contributed by atoms with E-state index in [1.807, 2.05) is 4.72 Å². The lowest BCUT2D eigenvalue weighted by molar-refractivity contribution is -0.383. The first-order valence-electron chi connectivity index (χ1n) is 4.69. The Kier molecular flexibility index (Phi) is 3.66. The van der Waals surface area contributed by atoms with Crippen molar-refractivity contribution in [3.8, 4) is 0 Å². The van der Waals surface area contributed by atoms with Crippen LogP contribution in [0, 0.1) is 15.9 Å². The first kappa shape index (κ1) is 13.4. The third-order valence-electron chi connectivity index (χ3n) is 2.03. The molecule has 0 saturated carbocycles. The van der Waals surface area contributed by atoms with E-state index in [4.69, 9.17) is 0 Å². The van der Waals surface area contributed by atoms with E-state index in [2.05, 4.69) is 0 Å². The molecule has 0 aliphatic carbocycles. The van der Waals surface area contributed by atoms with Crippen molar-refractivity contribution in [2.24, 2.45) is 0 Å². The molecule has 0 aliphatic heterocycles. The zero-order valence-electron chi connectivity index (χ0n) is 9.18. The first-order chi connectivity index (χ1) is 7.74. The number of nitrogens with one attached hydrogen (secondary N) is 1. The molecule has 0 bridgehead atoms. The summed E-state index contributed by atoms with van der Waals surface area (Å²) in [6.45, 7) is 2.82. The molecule has 1 aromatic rings. The number of anilines is 1. The summed E-state index contributed by atoms with van der Waals surface area (Å²) in [7, 11) is -3.75. The number of sulfonamides is 1. The number of hydrogen-bond acceptors (Lipinski definition) is 4. The number of rotatable bonds is 4. The van der Waals surface area contributed by atoms with E-state index in [1.54, 1.807) is 0 Å². The summed E-state index contributed by atoms with van der Waals surface area (Å²) in [4.78, 5) is 9.86. The number of nitrogens with zero attached hydrogens (tertiary/aromatic N) is 1. The van der Waals surface area contributed by atoms with Crippen LogP contribution in [0.5, 0.6) is 0 Å². The predicted octanol–water partition coefficient (Wildman–Crippen LogP) is 1.88. The highest BCUT2D eigenvalue weighted by Crippen LogP contribution is 2.26. The Labute approximate surface area is 97.7 Å². The van der Waals surface area contributed by atoms with E-state index in [0.29, 0.717) is 0 Å². The Morgan fingerprint density at radius 3 is 2.47 bits per heavy atom. The molecule has 0 spiro atoms. The first-order valence-corrected chi connectivity index (χ1v) is 6.24. The van der Waals surface area contributed by atoms with Gasteiger partial charge in [0.25, 0.3) is 5.69 Å². The summed E-state index contributed by atoms with van der Waals surface area (Å²) < 4.78 is 38.0. The van der Waals surface area contributed by atoms with Crippen LogP contribution in [-0.2, 0) is 10.0 Å². The average molecular weight is 262 g/mol. The second kappa shape index (κ2) is 4.66. The molecule has 17 heavy (non-hydrogen) atoms. The smallest absolute Gasteiger partial charge is 0.277 e. The molecular formula is C9H11FN2O4S. The molecule has 0 amide bonds. The van der Waals surface area contributed by atoms with Crippen LogP contribution in [0.1, 0.15) is 13.8 Å². The highest BCUT2D eigenvalue weighted by Gasteiger charge is 2.22. The van der Waals surface area contributed by atoms with Crippen LogP contribution in [0.4, 0.5) is 15.8 Å². The molecule has 0 atom stereocenters. The van der Waals surface area contributed by atoms with Gasteiger partial charge in [-0.2, -0.15) is 0 Å². The highest BCUT2D eigenvalue weighted by molar-refractivity contribution is 7.93. The summed E-state index contributed by atoms with van der Waals surface area (Å²) >= 11 is 0. The molecule has 1 aromatic carbocycles. The maximum Gasteiger partial charge on any atom is 0.293 e. The topological polar surface area (TPSA) is 89.3 Å². The summed E-state index contributed by atoms with van der Waals surface area (Å²) in [5.41, 5.74) is -0.862. The number of halogens is 1. The predicted molar refractivity (Wildman–Crippen MR) is 60.7 cm³/mol. The Hall–Kier alpha value is -1.70. The van der Waals surface area contributed by atoms with Gasteiger partial charge in [0.05, 0.1) is 10.2 Å². The number of benzene rings is 1. The normalized spacial score (nSPS) is 11.5. The molecule has 0 aliphatic rings. The largest absolute Gasteiger partial charge is 0.293 e. The summed E-state index contributed by atoms with van der Waals surface area (Å²) in [5, 5.41) is 9.86. The van der Waals surface area contributed by atoms with Crippen LogP contribution < -0.4 is 4.72 Å². The zero-order chi connectivity index (χ0) is 13.2. The second-order valence-electron chi connectivity index (χ2n) is 3.61. The van der Waals surface area contributed by atoms with Gasteiger partial charge in [0.1, 0.15) is 11.5 Å². The number of nitro benzene ring substituents is 1. The fraction of sp³-hybridized carbons (Fsp3) is 0.333. The molecule has 0 saturated heterocycles. The van der Waals surface area contributed by atoms with Gasteiger partial charge in [0.15, 0.2) is 0 Å². The van der Waals surface area contributed by atoms with E-state index in [1.165, 1.54) is 13.8 Å². The van der Waals surface area contributed by atoms with Gasteiger partial charge in [-0.1, -0.05) is 0 Å². The van der Waals surface area contributed by atoms with Crippen molar-refractivity contribution in [1.82, 2.24) is 0 Å². The van der Waals surface area contributed by atoms with Gasteiger partial charge in [0.2, 0.25) is 10.0 Å². The standard InChI is InChI=1S/C9H11FN2O4S/c1-6(2)17(15,16)11-8-5-7(10)3-4-9(8)12(13)14/h3-6,11H,1-2H3. The van der Waals surface area contributed by atoms with E-state index in [0.717, 1.165) is 18.2 Å². The average Bonchev–Trinajstić information content (AvgIpc) is 2.15. The fourth-order valence-corrected chi connectivity index (χ4v) is 1.73. The monoisotopic (exact) mass is 262 g/mol. The van der Waals surface area contributed by atoms with Crippen molar-refractivity contribution < 1.29 is 17.7 Å². The summed E-state index contributed by atoms with van der Waals surface area (Å²) in [5.74, 6) is -0.753. The van der Waals surface area contributed by atoms with Crippen molar-refractivity contribution in [2.45, 2.75) is 19.1 Å². The molecular weight excluding hydrogens is 251 g/mol. The molecule has 6 nitrogen and oxygen atoms in total. The minimum Gasteiger partial charge on any atom is -0.277 e. The molecule has 1 N–H and O–H groups in total. The lowest BCUT2D eigenvalue weighted by Gasteiger charge is -2.10. The van der Waals surface area contributed by atoms with E-state index in [-0.39, 0.29) is 5.69 Å². The third-order valence-corrected chi connectivity index (χ3v) is 3.77. The van der Waals surface area contributed by atoms with Crippen molar-refractivity contribution >= 4 is 21.4 Å². The molecule has 0 fully saturated rings. The molecule has 94 valence electrons. The molecule has 0 radical (unpaired) electrons. The Morgan fingerprint density at radius 2 is 2.00 bits per heavy atom. The van der Waals surface area contributed by atoms with Crippen LogP contribution in [-0.4, -0.2) is 18.6 Å². The van der Waals surface area contributed by atoms with E-state index in [9.17, 15) is 22.9 Å². The minimum absolute atomic E-state index is 0.372. The van der Waals surface area contributed by atoms with Gasteiger partial charge in [-0.25, -0.2) is 12.8 Å². The molecule has 0 aromatic heterocycles. The van der Waals surface area contributed by atoms with Crippen LogP contribution in [0.15, 0.2) is 18.2 Å². The summed E-state index contributed by atoms with van der Waals surface area (Å²) in [6, 6.07) is 2.58. The maximum atomic E-state index is 12.9. The molecule has 8 heteroatoms. The van der Waals surface area contributed by atoms with Crippen molar-refractivity contribution in [3.05, 3.63) is 34.1 Å². The molecule has 0 heterocycles. The highest BCUT2D eigenvalue weighted by atomic mass is 32.2. The maximum absolute atomic E-state index is 12.9. The van der Waals surface area contributed by atoms with Crippen molar-refractivity contribution in [3.63, 3.8) is 0 Å². The molecule has 0 unspecified atom stereocenters. The van der Waals surface area contributed by atoms with Crippen LogP contribution in [0.2, 0.25) is 0 Å². The Balaban J connectivity index is 3.22. The van der Waals surface area contributed by atoms with Gasteiger partial charge in [0, 0.05) is 12.1 Å². The second-order valence-corrected chi connectivity index (χ2v) is 5.85. The van der Waals surface area contributed by atoms with Gasteiger partial charge < -0.3 is 0 Å². The molecule has 1 rings (SSSR count). The van der Waals surface area contributed by atoms with Crippen LogP contribution in [0.3, 0.4) is 0 Å². The van der Waals surface area contributed by atoms with Gasteiger partial charge in [-0.15, -0.1) is 0 Å². The lowest BCUT2D eigenvalue weighted by Crippen LogP contribution is -2.23. The Bertz CT molecular complexity index is 542.